The van der Waals surface area contributed by atoms with Gasteiger partial charge >= 0.3 is 0 Å². The van der Waals surface area contributed by atoms with E-state index in [0.717, 1.165) is 20.4 Å². The van der Waals surface area contributed by atoms with Gasteiger partial charge in [-0.25, -0.2) is 12.8 Å². The van der Waals surface area contributed by atoms with E-state index in [1.54, 1.807) is 0 Å². The summed E-state index contributed by atoms with van der Waals surface area (Å²) in [5, 5.41) is 11.3. The molecule has 0 saturated carbocycles. The zero-order valence-corrected chi connectivity index (χ0v) is 19.4. The number of rotatable bonds is 9. The fourth-order valence-electron chi connectivity index (χ4n) is 3.03. The lowest BCUT2D eigenvalue weighted by atomic mass is 10.1. The Balaban J connectivity index is 1.87. The topological polar surface area (TPSA) is 89.8 Å². The first-order valence-electron chi connectivity index (χ1n) is 9.50. The number of hydrogen-bond donors (Lipinski definition) is 0. The molecule has 3 aromatic carbocycles. The van der Waals surface area contributed by atoms with E-state index in [1.807, 2.05) is 24.3 Å². The number of nitro groups is 1. The van der Waals surface area contributed by atoms with Gasteiger partial charge in [0.2, 0.25) is 10.0 Å². The molecule has 32 heavy (non-hydrogen) atoms. The van der Waals surface area contributed by atoms with Gasteiger partial charge in [0.25, 0.3) is 5.69 Å². The number of nitrogens with zero attached hydrogens (tertiary/aromatic N) is 2. The third-order valence-electron chi connectivity index (χ3n) is 4.78. The number of benzene rings is 3. The van der Waals surface area contributed by atoms with Crippen LogP contribution >= 0.6 is 15.9 Å². The first-order chi connectivity index (χ1) is 15.2. The summed E-state index contributed by atoms with van der Waals surface area (Å²) in [6, 6.07) is 18.2. The molecule has 0 aliphatic carbocycles. The van der Waals surface area contributed by atoms with Gasteiger partial charge in [0, 0.05) is 24.1 Å². The molecule has 0 spiro atoms. The van der Waals surface area contributed by atoms with Crippen molar-refractivity contribution in [1.82, 2.24) is 4.31 Å². The maximum absolute atomic E-state index is 13.4. The molecule has 10 heteroatoms. The summed E-state index contributed by atoms with van der Waals surface area (Å²) in [6.45, 7) is 0.0608. The van der Waals surface area contributed by atoms with Crippen LogP contribution in [0.5, 0.6) is 0 Å². The molecule has 0 amide bonds. The molecule has 0 aliphatic rings. The highest BCUT2D eigenvalue weighted by molar-refractivity contribution is 9.10. The van der Waals surface area contributed by atoms with Crippen LogP contribution in [0, 0.1) is 15.9 Å². The van der Waals surface area contributed by atoms with Gasteiger partial charge in [0.05, 0.1) is 17.6 Å². The lowest BCUT2D eigenvalue weighted by molar-refractivity contribution is -0.387. The molecule has 0 saturated heterocycles. The SMILES string of the molecule is CN(CC(OCc1ccc(Br)cc1)c1ccc(F)cc1)S(=O)(=O)c1ccccc1[N+](=O)[O-]. The third-order valence-corrected chi connectivity index (χ3v) is 7.18. The molecule has 7 nitrogen and oxygen atoms in total. The van der Waals surface area contributed by atoms with E-state index in [0.29, 0.717) is 5.56 Å². The standard InChI is InChI=1S/C22H20BrFN2O5S/c1-25(32(29,30)22-5-3-2-4-20(22)26(27)28)14-21(17-8-12-19(24)13-9-17)31-15-16-6-10-18(23)11-7-16/h2-13,21H,14-15H2,1H3. The lowest BCUT2D eigenvalue weighted by Gasteiger charge is -2.24. The highest BCUT2D eigenvalue weighted by Crippen LogP contribution is 2.28. The molecule has 0 N–H and O–H groups in total. The fraction of sp³-hybridized carbons (Fsp3) is 0.182. The van der Waals surface area contributed by atoms with Gasteiger partial charge < -0.3 is 4.74 Å². The Kier molecular flexibility index (Phi) is 7.73. The van der Waals surface area contributed by atoms with Crippen molar-refractivity contribution >= 4 is 31.6 Å². The van der Waals surface area contributed by atoms with Crippen LogP contribution in [0.25, 0.3) is 0 Å². The number of sulfonamides is 1. The molecular weight excluding hydrogens is 503 g/mol. The van der Waals surface area contributed by atoms with Crippen molar-refractivity contribution in [3.63, 3.8) is 0 Å². The van der Waals surface area contributed by atoms with E-state index < -0.39 is 37.5 Å². The van der Waals surface area contributed by atoms with Crippen molar-refractivity contribution in [3.05, 3.63) is 104 Å². The molecular formula is C22H20BrFN2O5S. The molecule has 0 bridgehead atoms. The minimum atomic E-state index is -4.18. The molecule has 0 radical (unpaired) electrons. The Morgan fingerprint density at radius 1 is 1.06 bits per heavy atom. The van der Waals surface area contributed by atoms with Crippen LogP contribution in [0.15, 0.2) is 82.2 Å². The summed E-state index contributed by atoms with van der Waals surface area (Å²) in [7, 11) is -2.86. The second-order valence-electron chi connectivity index (χ2n) is 6.99. The summed E-state index contributed by atoms with van der Waals surface area (Å²) in [6.07, 6.45) is -0.734. The first kappa shape index (κ1) is 24.0. The highest BCUT2D eigenvalue weighted by Gasteiger charge is 2.31. The lowest BCUT2D eigenvalue weighted by Crippen LogP contribution is -2.32. The largest absolute Gasteiger partial charge is 0.367 e. The zero-order valence-electron chi connectivity index (χ0n) is 17.0. The second kappa shape index (κ2) is 10.3. The molecule has 0 heterocycles. The van der Waals surface area contributed by atoms with E-state index in [-0.39, 0.29) is 13.2 Å². The van der Waals surface area contributed by atoms with E-state index >= 15 is 0 Å². The number of nitro benzene ring substituents is 1. The van der Waals surface area contributed by atoms with Crippen LogP contribution < -0.4 is 0 Å². The molecule has 3 rings (SSSR count). The van der Waals surface area contributed by atoms with Crippen molar-refractivity contribution in [2.75, 3.05) is 13.6 Å². The number of ether oxygens (including phenoxy) is 1. The third kappa shape index (κ3) is 5.77. The van der Waals surface area contributed by atoms with Gasteiger partial charge in [-0.05, 0) is 41.5 Å². The van der Waals surface area contributed by atoms with Crippen LogP contribution in [0.3, 0.4) is 0 Å². The summed E-state index contributed by atoms with van der Waals surface area (Å²) in [5.74, 6) is -0.429. The van der Waals surface area contributed by atoms with Crippen LogP contribution in [0.4, 0.5) is 10.1 Å². The number of hydrogen-bond acceptors (Lipinski definition) is 5. The normalized spacial score (nSPS) is 12.6. The van der Waals surface area contributed by atoms with Crippen LogP contribution in [-0.4, -0.2) is 31.2 Å². The molecule has 3 aromatic rings. The smallest absolute Gasteiger partial charge is 0.289 e. The summed E-state index contributed by atoms with van der Waals surface area (Å²) >= 11 is 3.36. The van der Waals surface area contributed by atoms with E-state index in [9.17, 15) is 22.9 Å². The van der Waals surface area contributed by atoms with E-state index in [1.165, 1.54) is 49.5 Å². The molecule has 1 atom stereocenters. The summed E-state index contributed by atoms with van der Waals surface area (Å²) in [4.78, 5) is 10.2. The fourth-order valence-corrected chi connectivity index (χ4v) is 4.62. The van der Waals surface area contributed by atoms with Crippen LogP contribution in [0.2, 0.25) is 0 Å². The summed E-state index contributed by atoms with van der Waals surface area (Å²) in [5.41, 5.74) is 0.936. The molecule has 0 fully saturated rings. The van der Waals surface area contributed by atoms with Gasteiger partial charge in [0.1, 0.15) is 5.82 Å². The monoisotopic (exact) mass is 522 g/mol. The number of halogens is 2. The Hall–Kier alpha value is -2.66. The second-order valence-corrected chi connectivity index (χ2v) is 9.92. The zero-order chi connectivity index (χ0) is 23.3. The molecule has 0 aliphatic heterocycles. The van der Waals surface area contributed by atoms with E-state index in [2.05, 4.69) is 15.9 Å². The van der Waals surface area contributed by atoms with Crippen molar-refractivity contribution in [3.8, 4) is 0 Å². The maximum Gasteiger partial charge on any atom is 0.289 e. The van der Waals surface area contributed by atoms with Gasteiger partial charge in [-0.1, -0.05) is 52.3 Å². The first-order valence-corrected chi connectivity index (χ1v) is 11.7. The average Bonchev–Trinajstić information content (AvgIpc) is 2.78. The Morgan fingerprint density at radius 3 is 2.31 bits per heavy atom. The average molecular weight is 523 g/mol. The van der Waals surface area contributed by atoms with Gasteiger partial charge in [0.15, 0.2) is 4.90 Å². The summed E-state index contributed by atoms with van der Waals surface area (Å²) < 4.78 is 47.5. The highest BCUT2D eigenvalue weighted by atomic mass is 79.9. The Morgan fingerprint density at radius 2 is 1.69 bits per heavy atom. The van der Waals surface area contributed by atoms with Crippen molar-refractivity contribution in [2.45, 2.75) is 17.6 Å². The Labute approximate surface area is 193 Å². The molecule has 1 unspecified atom stereocenters. The predicted octanol–water partition coefficient (Wildman–Crippen LogP) is 5.08. The van der Waals surface area contributed by atoms with Crippen molar-refractivity contribution in [2.24, 2.45) is 0 Å². The quantitative estimate of drug-likeness (QED) is 0.289. The molecule has 168 valence electrons. The van der Waals surface area contributed by atoms with Gasteiger partial charge in [-0.3, -0.25) is 10.1 Å². The minimum absolute atomic E-state index is 0.128. The predicted molar refractivity (Wildman–Crippen MR) is 121 cm³/mol. The van der Waals surface area contributed by atoms with Crippen LogP contribution in [-0.2, 0) is 21.4 Å². The molecule has 0 aromatic heterocycles. The number of likely N-dealkylation sites (N-methyl/N-ethyl adjacent to an activating group) is 1. The minimum Gasteiger partial charge on any atom is -0.367 e. The van der Waals surface area contributed by atoms with E-state index in [4.69, 9.17) is 4.74 Å². The van der Waals surface area contributed by atoms with Crippen molar-refractivity contribution in [1.29, 1.82) is 0 Å². The number of para-hydroxylation sites is 1. The van der Waals surface area contributed by atoms with Gasteiger partial charge in [-0.15, -0.1) is 0 Å². The van der Waals surface area contributed by atoms with Crippen LogP contribution in [0.1, 0.15) is 17.2 Å². The maximum atomic E-state index is 13.4. The van der Waals surface area contributed by atoms with Gasteiger partial charge in [-0.2, -0.15) is 4.31 Å². The Bertz CT molecular complexity index is 1190. The van der Waals surface area contributed by atoms with Crippen molar-refractivity contribution < 1.29 is 22.5 Å².